The Morgan fingerprint density at radius 2 is 2.33 bits per heavy atom. The zero-order chi connectivity index (χ0) is 13.0. The molecule has 1 N–H and O–H groups in total. The highest BCUT2D eigenvalue weighted by Gasteiger charge is 2.17. The van der Waals surface area contributed by atoms with Gasteiger partial charge in [-0.3, -0.25) is 4.79 Å². The first-order chi connectivity index (χ1) is 8.76. The van der Waals surface area contributed by atoms with Gasteiger partial charge in [-0.05, 0) is 30.6 Å². The number of nitrogens with one attached hydrogen (secondary N) is 1. The Balaban J connectivity index is 2.38. The second kappa shape index (κ2) is 5.59. The van der Waals surface area contributed by atoms with Crippen molar-refractivity contribution in [3.8, 4) is 17.0 Å². The molecular weight excluding hydrogens is 250 g/mol. The lowest BCUT2D eigenvalue weighted by Gasteiger charge is -2.04. The molecule has 0 atom stereocenters. The predicted octanol–water partition coefficient (Wildman–Crippen LogP) is 1.96. The topological polar surface area (TPSA) is 64.1 Å². The molecule has 0 fully saturated rings. The molecule has 94 valence electrons. The minimum atomic E-state index is -0.148. The Labute approximate surface area is 109 Å². The number of nitrogens with zero attached hydrogens (tertiary/aromatic N) is 2. The maximum absolute atomic E-state index is 11.8. The van der Waals surface area contributed by atoms with Gasteiger partial charge in [0, 0.05) is 12.1 Å². The van der Waals surface area contributed by atoms with Crippen LogP contribution < -0.4 is 10.1 Å². The number of aromatic nitrogens is 2. The second-order valence-corrected chi connectivity index (χ2v) is 4.30. The van der Waals surface area contributed by atoms with E-state index in [1.165, 1.54) is 0 Å². The van der Waals surface area contributed by atoms with Crippen LogP contribution in [-0.4, -0.2) is 29.1 Å². The predicted molar refractivity (Wildman–Crippen MR) is 69.9 cm³/mol. The van der Waals surface area contributed by atoms with Gasteiger partial charge >= 0.3 is 0 Å². The van der Waals surface area contributed by atoms with Crippen LogP contribution in [0.3, 0.4) is 0 Å². The van der Waals surface area contributed by atoms with Gasteiger partial charge in [0.25, 0.3) is 5.91 Å². The average Bonchev–Trinajstić information content (AvgIpc) is 2.88. The van der Waals surface area contributed by atoms with Crippen molar-refractivity contribution < 1.29 is 9.53 Å². The van der Waals surface area contributed by atoms with Gasteiger partial charge in [-0.2, -0.15) is 0 Å². The Morgan fingerprint density at radius 3 is 3.06 bits per heavy atom. The summed E-state index contributed by atoms with van der Waals surface area (Å²) in [5, 5.41) is 6.76. The van der Waals surface area contributed by atoms with E-state index in [1.807, 2.05) is 31.2 Å². The van der Waals surface area contributed by atoms with Crippen LogP contribution in [0.4, 0.5) is 0 Å². The average molecular weight is 263 g/mol. The molecule has 0 bridgehead atoms. The minimum Gasteiger partial charge on any atom is -0.497 e. The van der Waals surface area contributed by atoms with E-state index >= 15 is 0 Å². The molecule has 0 aliphatic rings. The molecule has 1 aromatic carbocycles. The van der Waals surface area contributed by atoms with Crippen LogP contribution in [0.5, 0.6) is 5.75 Å². The summed E-state index contributed by atoms with van der Waals surface area (Å²) >= 11 is 1.09. The van der Waals surface area contributed by atoms with E-state index in [0.29, 0.717) is 17.1 Å². The molecule has 0 saturated carbocycles. The lowest BCUT2D eigenvalue weighted by atomic mass is 10.1. The fourth-order valence-corrected chi connectivity index (χ4v) is 2.14. The fourth-order valence-electron chi connectivity index (χ4n) is 1.54. The summed E-state index contributed by atoms with van der Waals surface area (Å²) in [4.78, 5) is 12.4. The molecule has 1 amide bonds. The lowest BCUT2D eigenvalue weighted by molar-refractivity contribution is 0.0960. The van der Waals surface area contributed by atoms with Crippen molar-refractivity contribution in [1.29, 1.82) is 0 Å². The summed E-state index contributed by atoms with van der Waals surface area (Å²) in [5.41, 5.74) is 1.41. The largest absolute Gasteiger partial charge is 0.497 e. The number of benzene rings is 1. The summed E-state index contributed by atoms with van der Waals surface area (Å²) in [6.07, 6.45) is 0. The summed E-state index contributed by atoms with van der Waals surface area (Å²) in [7, 11) is 1.60. The lowest BCUT2D eigenvalue weighted by Crippen LogP contribution is -2.22. The molecule has 18 heavy (non-hydrogen) atoms. The molecule has 1 heterocycles. The maximum Gasteiger partial charge on any atom is 0.265 e. The number of methoxy groups -OCH3 is 1. The number of amides is 1. The van der Waals surface area contributed by atoms with Crippen molar-refractivity contribution in [1.82, 2.24) is 14.9 Å². The molecular formula is C12H13N3O2S. The highest BCUT2D eigenvalue weighted by Crippen LogP contribution is 2.26. The van der Waals surface area contributed by atoms with Gasteiger partial charge in [0.05, 0.1) is 7.11 Å². The molecule has 5 nitrogen and oxygen atoms in total. The molecule has 2 rings (SSSR count). The molecule has 0 radical (unpaired) electrons. The van der Waals surface area contributed by atoms with Gasteiger partial charge in [-0.25, -0.2) is 0 Å². The number of carbonyl (C=O) groups excluding carboxylic acids is 1. The van der Waals surface area contributed by atoms with E-state index in [4.69, 9.17) is 4.74 Å². The zero-order valence-electron chi connectivity index (χ0n) is 10.1. The molecule has 0 saturated heterocycles. The smallest absolute Gasteiger partial charge is 0.265 e. The highest BCUT2D eigenvalue weighted by molar-refractivity contribution is 7.08. The quantitative estimate of drug-likeness (QED) is 0.916. The normalized spacial score (nSPS) is 10.1. The van der Waals surface area contributed by atoms with Gasteiger partial charge in [0.2, 0.25) is 0 Å². The number of ether oxygens (including phenoxy) is 1. The molecule has 0 aliphatic heterocycles. The van der Waals surface area contributed by atoms with Crippen molar-refractivity contribution in [2.75, 3.05) is 13.7 Å². The van der Waals surface area contributed by atoms with E-state index in [9.17, 15) is 4.79 Å². The Hall–Kier alpha value is -1.95. The summed E-state index contributed by atoms with van der Waals surface area (Å²) in [5.74, 6) is 0.577. The summed E-state index contributed by atoms with van der Waals surface area (Å²) < 4.78 is 9.00. The Kier molecular flexibility index (Phi) is 3.88. The van der Waals surface area contributed by atoms with E-state index in [1.54, 1.807) is 7.11 Å². The number of carbonyl (C=O) groups is 1. The Morgan fingerprint density at radius 1 is 1.50 bits per heavy atom. The minimum absolute atomic E-state index is 0.148. The van der Waals surface area contributed by atoms with E-state index < -0.39 is 0 Å². The van der Waals surface area contributed by atoms with Crippen molar-refractivity contribution in [3.05, 3.63) is 29.1 Å². The first kappa shape index (κ1) is 12.5. The molecule has 0 spiro atoms. The SMILES string of the molecule is CCNC(=O)c1snnc1-c1cccc(OC)c1. The first-order valence-electron chi connectivity index (χ1n) is 5.51. The van der Waals surface area contributed by atoms with Crippen LogP contribution in [0.25, 0.3) is 11.3 Å². The van der Waals surface area contributed by atoms with E-state index in [-0.39, 0.29) is 5.91 Å². The number of rotatable bonds is 4. The van der Waals surface area contributed by atoms with Crippen LogP contribution in [-0.2, 0) is 0 Å². The fraction of sp³-hybridized carbons (Fsp3) is 0.250. The molecule has 0 unspecified atom stereocenters. The number of hydrogen-bond acceptors (Lipinski definition) is 5. The summed E-state index contributed by atoms with van der Waals surface area (Å²) in [6.45, 7) is 2.45. The Bertz CT molecular complexity index is 554. The van der Waals surface area contributed by atoms with Crippen LogP contribution in [0.1, 0.15) is 16.6 Å². The van der Waals surface area contributed by atoms with Crippen LogP contribution in [0, 0.1) is 0 Å². The standard InChI is InChI=1S/C12H13N3O2S/c1-3-13-12(16)11-10(14-15-18-11)8-5-4-6-9(7-8)17-2/h4-7H,3H2,1-2H3,(H,13,16). The summed E-state index contributed by atoms with van der Waals surface area (Å²) in [6, 6.07) is 7.41. The van der Waals surface area contributed by atoms with Gasteiger partial charge in [0.15, 0.2) is 0 Å². The molecule has 6 heteroatoms. The van der Waals surface area contributed by atoms with Crippen LogP contribution >= 0.6 is 11.5 Å². The van der Waals surface area contributed by atoms with Crippen molar-refractivity contribution in [2.45, 2.75) is 6.92 Å². The van der Waals surface area contributed by atoms with Crippen LogP contribution in [0.2, 0.25) is 0 Å². The monoisotopic (exact) mass is 263 g/mol. The third-order valence-corrected chi connectivity index (χ3v) is 3.10. The van der Waals surface area contributed by atoms with Gasteiger partial charge in [0.1, 0.15) is 16.3 Å². The van der Waals surface area contributed by atoms with Crippen LogP contribution in [0.15, 0.2) is 24.3 Å². The van der Waals surface area contributed by atoms with Gasteiger partial charge in [-0.1, -0.05) is 16.6 Å². The van der Waals surface area contributed by atoms with Crippen molar-refractivity contribution in [2.24, 2.45) is 0 Å². The zero-order valence-corrected chi connectivity index (χ0v) is 11.0. The number of hydrogen-bond donors (Lipinski definition) is 1. The van der Waals surface area contributed by atoms with E-state index in [0.717, 1.165) is 22.8 Å². The third kappa shape index (κ3) is 2.48. The van der Waals surface area contributed by atoms with Gasteiger partial charge in [-0.15, -0.1) is 5.10 Å². The maximum atomic E-state index is 11.8. The van der Waals surface area contributed by atoms with E-state index in [2.05, 4.69) is 14.9 Å². The molecule has 0 aliphatic carbocycles. The molecule has 1 aromatic heterocycles. The van der Waals surface area contributed by atoms with Gasteiger partial charge < -0.3 is 10.1 Å². The second-order valence-electron chi connectivity index (χ2n) is 3.54. The third-order valence-electron chi connectivity index (χ3n) is 2.37. The highest BCUT2D eigenvalue weighted by atomic mass is 32.1. The van der Waals surface area contributed by atoms with Crippen molar-refractivity contribution in [3.63, 3.8) is 0 Å². The first-order valence-corrected chi connectivity index (χ1v) is 6.28. The molecule has 2 aromatic rings. The van der Waals surface area contributed by atoms with Crippen molar-refractivity contribution >= 4 is 17.4 Å².